The fourth-order valence-corrected chi connectivity index (χ4v) is 4.01. The van der Waals surface area contributed by atoms with Crippen molar-refractivity contribution in [2.24, 2.45) is 7.05 Å². The molecule has 3 aromatic heterocycles. The van der Waals surface area contributed by atoms with E-state index in [-0.39, 0.29) is 17.4 Å². The van der Waals surface area contributed by atoms with Gasteiger partial charge < -0.3 is 29.1 Å². The van der Waals surface area contributed by atoms with Gasteiger partial charge in [-0.15, -0.1) is 0 Å². The molecule has 0 spiro atoms. The number of alkyl halides is 3. The Bertz CT molecular complexity index is 1690. The molecule has 1 amide bonds. The van der Waals surface area contributed by atoms with Gasteiger partial charge in [-0.25, -0.2) is 4.98 Å². The molecule has 3 heterocycles. The molecule has 0 aliphatic rings. The summed E-state index contributed by atoms with van der Waals surface area (Å²) in [7, 11) is 3.35. The molecule has 5 aromatic rings. The molecule has 0 atom stereocenters. The summed E-state index contributed by atoms with van der Waals surface area (Å²) >= 11 is 0. The van der Waals surface area contributed by atoms with Crippen molar-refractivity contribution in [3.63, 3.8) is 0 Å². The summed E-state index contributed by atoms with van der Waals surface area (Å²) < 4.78 is 56.9. The highest BCUT2D eigenvalue weighted by Crippen LogP contribution is 2.36. The van der Waals surface area contributed by atoms with Crippen LogP contribution in [0.15, 0.2) is 71.3 Å². The van der Waals surface area contributed by atoms with Crippen LogP contribution in [-0.2, 0) is 7.05 Å². The van der Waals surface area contributed by atoms with E-state index in [9.17, 15) is 18.0 Å². The summed E-state index contributed by atoms with van der Waals surface area (Å²) in [6.07, 6.45) is -2.99. The van der Waals surface area contributed by atoms with Crippen molar-refractivity contribution >= 4 is 28.6 Å². The second kappa shape index (κ2) is 10.6. The summed E-state index contributed by atoms with van der Waals surface area (Å²) in [4.78, 5) is 20.6. The van der Waals surface area contributed by atoms with E-state index in [2.05, 4.69) is 20.6 Å². The average molecular weight is 552 g/mol. The molecule has 0 saturated carbocycles. The first-order valence-electron chi connectivity index (χ1n) is 12.1. The second-order valence-electron chi connectivity index (χ2n) is 8.85. The number of aromatic nitrogens is 3. The van der Waals surface area contributed by atoms with Crippen LogP contribution in [0.25, 0.3) is 22.4 Å². The van der Waals surface area contributed by atoms with Crippen LogP contribution in [0.1, 0.15) is 16.2 Å². The smallest absolute Gasteiger partial charge is 0.422 e. The normalized spacial score (nSPS) is 11.4. The Morgan fingerprint density at radius 1 is 1.05 bits per heavy atom. The number of pyridine rings is 1. The van der Waals surface area contributed by atoms with Crippen LogP contribution in [0, 0.1) is 6.92 Å². The molecule has 2 aromatic carbocycles. The predicted molar refractivity (Wildman–Crippen MR) is 142 cm³/mol. The Hall–Kier alpha value is -5.00. The number of furan rings is 1. The van der Waals surface area contributed by atoms with Crippen molar-refractivity contribution < 1.29 is 31.9 Å². The van der Waals surface area contributed by atoms with Crippen LogP contribution in [-0.4, -0.2) is 40.3 Å². The number of carbonyl (C=O) groups excluding carboxylic acids is 1. The minimum Gasteiger partial charge on any atom is -0.483 e. The lowest BCUT2D eigenvalue weighted by molar-refractivity contribution is -0.153. The quantitative estimate of drug-likeness (QED) is 0.231. The van der Waals surface area contributed by atoms with Crippen LogP contribution >= 0.6 is 0 Å². The van der Waals surface area contributed by atoms with E-state index in [0.29, 0.717) is 45.7 Å². The molecule has 0 fully saturated rings. The van der Waals surface area contributed by atoms with Crippen molar-refractivity contribution in [2.75, 3.05) is 19.0 Å². The average Bonchev–Trinajstić information content (AvgIpc) is 3.49. The number of fused-ring (bicyclic) bond motifs is 1. The maximum atomic E-state index is 12.8. The zero-order valence-electron chi connectivity index (χ0n) is 21.7. The zero-order chi connectivity index (χ0) is 28.4. The molecular weight excluding hydrogens is 527 g/mol. The summed E-state index contributed by atoms with van der Waals surface area (Å²) in [6.45, 7) is 0.322. The lowest BCUT2D eigenvalue weighted by Gasteiger charge is -2.14. The molecule has 2 N–H and O–H groups in total. The third-order valence-electron chi connectivity index (χ3n) is 5.91. The fraction of sp³-hybridized carbons (Fsp3) is 0.179. The lowest BCUT2D eigenvalue weighted by Crippen LogP contribution is -2.19. The first kappa shape index (κ1) is 26.6. The number of rotatable bonds is 8. The number of imidazole rings is 1. The van der Waals surface area contributed by atoms with Crippen LogP contribution in [0.2, 0.25) is 0 Å². The maximum absolute atomic E-state index is 12.8. The summed E-state index contributed by atoms with van der Waals surface area (Å²) in [5.41, 5.74) is 2.60. The molecule has 0 unspecified atom stereocenters. The van der Waals surface area contributed by atoms with Gasteiger partial charge in [-0.05, 0) is 55.5 Å². The van der Waals surface area contributed by atoms with E-state index in [1.54, 1.807) is 49.4 Å². The van der Waals surface area contributed by atoms with Crippen molar-refractivity contribution in [1.29, 1.82) is 0 Å². The molecule has 9 nitrogen and oxygen atoms in total. The number of aryl methyl sites for hydroxylation is 2. The number of nitrogens with zero attached hydrogens (tertiary/aromatic N) is 3. The zero-order valence-corrected chi connectivity index (χ0v) is 21.7. The number of anilines is 2. The number of hydrogen-bond acceptors (Lipinski definition) is 7. The predicted octanol–water partition coefficient (Wildman–Crippen LogP) is 6.37. The maximum Gasteiger partial charge on any atom is 0.422 e. The van der Waals surface area contributed by atoms with Crippen molar-refractivity contribution in [2.45, 2.75) is 13.1 Å². The van der Waals surface area contributed by atoms with Crippen molar-refractivity contribution in [1.82, 2.24) is 19.9 Å². The molecule has 0 radical (unpaired) electrons. The number of carbonyl (C=O) groups is 1. The van der Waals surface area contributed by atoms with E-state index in [1.165, 1.54) is 25.4 Å². The van der Waals surface area contributed by atoms with Gasteiger partial charge in [-0.1, -0.05) is 0 Å². The Morgan fingerprint density at radius 3 is 2.58 bits per heavy atom. The highest BCUT2D eigenvalue weighted by atomic mass is 19.4. The van der Waals surface area contributed by atoms with Gasteiger partial charge in [0.1, 0.15) is 34.5 Å². The van der Waals surface area contributed by atoms with Crippen LogP contribution in [0.5, 0.6) is 17.2 Å². The van der Waals surface area contributed by atoms with Crippen LogP contribution in [0.3, 0.4) is 0 Å². The molecule has 12 heteroatoms. The van der Waals surface area contributed by atoms with Gasteiger partial charge in [0.25, 0.3) is 5.91 Å². The number of hydrogen-bond donors (Lipinski definition) is 2. The van der Waals surface area contributed by atoms with Gasteiger partial charge in [0, 0.05) is 38.1 Å². The van der Waals surface area contributed by atoms with Gasteiger partial charge in [0.05, 0.1) is 16.6 Å². The molecule has 5 rings (SSSR count). The summed E-state index contributed by atoms with van der Waals surface area (Å²) in [5, 5.41) is 5.73. The molecular formula is C28H24F3N5O4. The number of ether oxygens (including phenoxy) is 2. The minimum atomic E-state index is -4.48. The third-order valence-corrected chi connectivity index (χ3v) is 5.91. The first-order chi connectivity index (χ1) is 19.1. The largest absolute Gasteiger partial charge is 0.483 e. The Balaban J connectivity index is 1.41. The van der Waals surface area contributed by atoms with Crippen LogP contribution in [0.4, 0.5) is 24.8 Å². The van der Waals surface area contributed by atoms with Crippen molar-refractivity contribution in [3.05, 3.63) is 78.3 Å². The highest BCUT2D eigenvalue weighted by Gasteiger charge is 2.29. The van der Waals surface area contributed by atoms with Gasteiger partial charge in [-0.3, -0.25) is 9.78 Å². The Labute approximate surface area is 226 Å². The molecule has 0 aliphatic carbocycles. The van der Waals surface area contributed by atoms with Gasteiger partial charge in [-0.2, -0.15) is 13.2 Å². The SMILES string of the molecule is CNC(=O)c1cc(Oc2ccc3c(c2)nc(Nc2ccc(OCC(F)(F)F)c(-c4ccc(C)o4)c2)n3C)ccn1. The molecule has 206 valence electrons. The summed E-state index contributed by atoms with van der Waals surface area (Å²) in [6, 6.07) is 16.6. The number of benzene rings is 2. The van der Waals surface area contributed by atoms with E-state index in [1.807, 2.05) is 17.7 Å². The Morgan fingerprint density at radius 2 is 1.85 bits per heavy atom. The standard InChI is InChI=1S/C28H24F3N5O4/c1-16-4-8-25(39-16)20-12-17(5-9-24(20)38-15-28(29,30)31)34-27-35-21-13-18(6-7-23(21)36(27)3)40-19-10-11-33-22(14-19)26(37)32-2/h4-14H,15H2,1-3H3,(H,32,37)(H,34,35). The van der Waals surface area contributed by atoms with Gasteiger partial charge in [0.15, 0.2) is 6.61 Å². The molecule has 0 bridgehead atoms. The molecule has 0 saturated heterocycles. The summed E-state index contributed by atoms with van der Waals surface area (Å²) in [5.74, 6) is 2.14. The van der Waals surface area contributed by atoms with E-state index in [4.69, 9.17) is 13.9 Å². The van der Waals surface area contributed by atoms with E-state index in [0.717, 1.165) is 5.52 Å². The first-order valence-corrected chi connectivity index (χ1v) is 12.1. The minimum absolute atomic E-state index is 0.0414. The topological polar surface area (TPSA) is 103 Å². The molecule has 40 heavy (non-hydrogen) atoms. The van der Waals surface area contributed by atoms with Crippen LogP contribution < -0.4 is 20.1 Å². The monoisotopic (exact) mass is 551 g/mol. The number of nitrogens with one attached hydrogen (secondary N) is 2. The van der Waals surface area contributed by atoms with E-state index < -0.39 is 12.8 Å². The van der Waals surface area contributed by atoms with E-state index >= 15 is 0 Å². The molecule has 0 aliphatic heterocycles. The number of amides is 1. The number of halogens is 3. The van der Waals surface area contributed by atoms with Gasteiger partial charge >= 0.3 is 6.18 Å². The Kier molecular flexibility index (Phi) is 7.07. The second-order valence-corrected chi connectivity index (χ2v) is 8.85. The van der Waals surface area contributed by atoms with Crippen molar-refractivity contribution in [3.8, 4) is 28.6 Å². The van der Waals surface area contributed by atoms with Gasteiger partial charge in [0.2, 0.25) is 5.95 Å². The lowest BCUT2D eigenvalue weighted by atomic mass is 10.1. The fourth-order valence-electron chi connectivity index (χ4n) is 4.01. The third kappa shape index (κ3) is 5.85. The highest BCUT2D eigenvalue weighted by molar-refractivity contribution is 5.92.